The Bertz CT molecular complexity index is 939. The number of para-hydroxylation sites is 1. The van der Waals surface area contributed by atoms with Crippen molar-refractivity contribution in [1.82, 2.24) is 16.0 Å². The Morgan fingerprint density at radius 2 is 1.81 bits per heavy atom. The molecule has 1 fully saturated rings. The van der Waals surface area contributed by atoms with Gasteiger partial charge in [0.1, 0.15) is 5.75 Å². The number of hydrogen-bond acceptors (Lipinski definition) is 4. The number of nitrogens with two attached hydrogens (primary N) is 1. The Kier molecular flexibility index (Phi) is 8.48. The zero-order valence-corrected chi connectivity index (χ0v) is 18.4. The number of nitrogens with zero attached hydrogens (tertiary/aromatic N) is 1. The van der Waals surface area contributed by atoms with Gasteiger partial charge in [0.05, 0.1) is 19.7 Å². The lowest BCUT2D eigenvalue weighted by Crippen LogP contribution is -2.36. The number of nitrogens with one attached hydrogen (secondary N) is 3. The van der Waals surface area contributed by atoms with Gasteiger partial charge in [0, 0.05) is 24.2 Å². The van der Waals surface area contributed by atoms with E-state index in [2.05, 4.69) is 27.0 Å². The second-order valence-corrected chi connectivity index (χ2v) is 7.76. The first kappa shape index (κ1) is 23.1. The van der Waals surface area contributed by atoms with Gasteiger partial charge >= 0.3 is 0 Å². The van der Waals surface area contributed by atoms with E-state index in [4.69, 9.17) is 10.5 Å². The van der Waals surface area contributed by atoms with E-state index in [-0.39, 0.29) is 12.5 Å². The van der Waals surface area contributed by atoms with Crippen molar-refractivity contribution in [3.63, 3.8) is 0 Å². The minimum atomic E-state index is -0.579. The number of primary amides is 1. The van der Waals surface area contributed by atoms with Gasteiger partial charge in [0.25, 0.3) is 5.91 Å². The second-order valence-electron chi connectivity index (χ2n) is 7.76. The molecule has 0 saturated heterocycles. The van der Waals surface area contributed by atoms with E-state index in [0.717, 1.165) is 30.0 Å². The normalized spacial score (nSPS) is 13.3. The fourth-order valence-corrected chi connectivity index (χ4v) is 3.00. The van der Waals surface area contributed by atoms with Crippen molar-refractivity contribution >= 4 is 17.8 Å². The molecule has 1 aliphatic carbocycles. The van der Waals surface area contributed by atoms with Crippen LogP contribution in [0, 0.1) is 5.92 Å². The van der Waals surface area contributed by atoms with Crippen LogP contribution >= 0.6 is 0 Å². The summed E-state index contributed by atoms with van der Waals surface area (Å²) in [7, 11) is 0. The number of carbonyl (C=O) groups is 2. The maximum Gasteiger partial charge on any atom is 0.251 e. The van der Waals surface area contributed by atoms with Crippen molar-refractivity contribution in [2.45, 2.75) is 32.9 Å². The molecule has 0 heterocycles. The van der Waals surface area contributed by atoms with Crippen LogP contribution in [0.25, 0.3) is 0 Å². The first-order chi connectivity index (χ1) is 15.5. The highest BCUT2D eigenvalue weighted by Crippen LogP contribution is 2.30. The molecule has 0 bridgehead atoms. The molecule has 1 aliphatic rings. The molecule has 1 saturated carbocycles. The Morgan fingerprint density at radius 1 is 1.06 bits per heavy atom. The molecule has 5 N–H and O–H groups in total. The lowest BCUT2D eigenvalue weighted by molar-refractivity contribution is -0.117. The van der Waals surface area contributed by atoms with E-state index in [1.165, 1.54) is 12.8 Å². The molecule has 2 amide bonds. The van der Waals surface area contributed by atoms with Gasteiger partial charge < -0.3 is 26.4 Å². The number of aliphatic imine (C=N–C) groups is 1. The molecule has 2 aromatic rings. The summed E-state index contributed by atoms with van der Waals surface area (Å²) in [5, 5.41) is 9.08. The van der Waals surface area contributed by atoms with E-state index < -0.39 is 5.91 Å². The zero-order valence-electron chi connectivity index (χ0n) is 18.4. The van der Waals surface area contributed by atoms with Gasteiger partial charge in [0.2, 0.25) is 5.91 Å². The van der Waals surface area contributed by atoms with Gasteiger partial charge in [-0.1, -0.05) is 30.3 Å². The Hall–Kier alpha value is -3.55. The molecule has 8 heteroatoms. The topological polar surface area (TPSA) is 118 Å². The largest absolute Gasteiger partial charge is 0.493 e. The van der Waals surface area contributed by atoms with Crippen molar-refractivity contribution in [3.05, 3.63) is 65.2 Å². The molecule has 3 rings (SSSR count). The van der Waals surface area contributed by atoms with Gasteiger partial charge in [-0.3, -0.25) is 9.59 Å². The summed E-state index contributed by atoms with van der Waals surface area (Å²) >= 11 is 0. The summed E-state index contributed by atoms with van der Waals surface area (Å²) in [6.07, 6.45) is 2.52. The Morgan fingerprint density at radius 3 is 2.50 bits per heavy atom. The average Bonchev–Trinajstić information content (AvgIpc) is 3.63. The second kappa shape index (κ2) is 11.7. The minimum Gasteiger partial charge on any atom is -0.493 e. The fraction of sp³-hybridized carbons (Fsp3) is 0.375. The molecule has 0 aromatic heterocycles. The number of guanidine groups is 1. The number of rotatable bonds is 11. The van der Waals surface area contributed by atoms with E-state index in [1.54, 1.807) is 12.1 Å². The number of carbonyl (C=O) groups excluding carboxylic acids is 2. The quantitative estimate of drug-likeness (QED) is 0.317. The molecule has 0 radical (unpaired) electrons. The summed E-state index contributed by atoms with van der Waals surface area (Å²) < 4.78 is 5.98. The van der Waals surface area contributed by atoms with Crippen molar-refractivity contribution in [3.8, 4) is 5.75 Å². The molecule has 2 aromatic carbocycles. The molecule has 0 atom stereocenters. The lowest BCUT2D eigenvalue weighted by Gasteiger charge is -2.14. The van der Waals surface area contributed by atoms with Gasteiger partial charge in [-0.2, -0.15) is 0 Å². The van der Waals surface area contributed by atoms with Crippen LogP contribution in [0.15, 0.2) is 53.5 Å². The highest BCUT2D eigenvalue weighted by atomic mass is 16.5. The lowest BCUT2D eigenvalue weighted by atomic mass is 10.1. The van der Waals surface area contributed by atoms with Crippen molar-refractivity contribution < 1.29 is 14.3 Å². The molecule has 170 valence electrons. The smallest absolute Gasteiger partial charge is 0.251 e. The third-order valence-corrected chi connectivity index (χ3v) is 4.99. The van der Waals surface area contributed by atoms with Gasteiger partial charge in [-0.05, 0) is 49.4 Å². The van der Waals surface area contributed by atoms with Crippen LogP contribution in [0.5, 0.6) is 5.75 Å². The molecule has 0 spiro atoms. The summed E-state index contributed by atoms with van der Waals surface area (Å²) in [6.45, 7) is 4.41. The fourth-order valence-electron chi connectivity index (χ4n) is 3.00. The highest BCUT2D eigenvalue weighted by Gasteiger charge is 2.22. The van der Waals surface area contributed by atoms with Gasteiger partial charge in [-0.25, -0.2) is 4.99 Å². The van der Waals surface area contributed by atoms with Gasteiger partial charge in [0.15, 0.2) is 5.96 Å². The maximum atomic E-state index is 12.0. The Balaban J connectivity index is 1.55. The Labute approximate surface area is 188 Å². The number of hydrogen-bond donors (Lipinski definition) is 4. The first-order valence-electron chi connectivity index (χ1n) is 10.9. The van der Waals surface area contributed by atoms with Crippen LogP contribution < -0.4 is 26.4 Å². The number of ether oxygens (including phenoxy) is 1. The summed E-state index contributed by atoms with van der Waals surface area (Å²) in [5.74, 6) is 1.40. The van der Waals surface area contributed by atoms with Crippen molar-refractivity contribution in [2.24, 2.45) is 16.6 Å². The molecular weight excluding hydrogens is 406 g/mol. The predicted octanol–water partition coefficient (Wildman–Crippen LogP) is 1.95. The molecular formula is C24H31N5O3. The van der Waals surface area contributed by atoms with Crippen LogP contribution in [0.2, 0.25) is 0 Å². The van der Waals surface area contributed by atoms with Crippen LogP contribution in [0.3, 0.4) is 0 Å². The molecule has 0 aliphatic heterocycles. The summed E-state index contributed by atoms with van der Waals surface area (Å²) in [5.41, 5.74) is 7.56. The molecule has 32 heavy (non-hydrogen) atoms. The van der Waals surface area contributed by atoms with Crippen molar-refractivity contribution in [2.75, 3.05) is 19.7 Å². The summed E-state index contributed by atoms with van der Waals surface area (Å²) in [6, 6.07) is 15.1. The highest BCUT2D eigenvalue weighted by molar-refractivity contribution is 5.96. The third kappa shape index (κ3) is 7.61. The number of amides is 2. The van der Waals surface area contributed by atoms with Crippen LogP contribution in [-0.4, -0.2) is 37.5 Å². The van der Waals surface area contributed by atoms with E-state index in [0.29, 0.717) is 30.5 Å². The predicted molar refractivity (Wildman–Crippen MR) is 124 cm³/mol. The van der Waals surface area contributed by atoms with E-state index in [9.17, 15) is 9.59 Å². The molecule has 8 nitrogen and oxygen atoms in total. The van der Waals surface area contributed by atoms with E-state index in [1.807, 2.05) is 37.3 Å². The average molecular weight is 438 g/mol. The first-order valence-corrected chi connectivity index (χ1v) is 10.9. The monoisotopic (exact) mass is 437 g/mol. The molecule has 0 unspecified atom stereocenters. The van der Waals surface area contributed by atoms with Crippen LogP contribution in [0.1, 0.15) is 41.3 Å². The SMILES string of the molecule is CCNC(=NCc1ccc(C(=O)NCC(N)=O)cc1)NCc1ccccc1OCC1CC1. The summed E-state index contributed by atoms with van der Waals surface area (Å²) in [4.78, 5) is 27.4. The van der Waals surface area contributed by atoms with E-state index >= 15 is 0 Å². The van der Waals surface area contributed by atoms with Gasteiger partial charge in [-0.15, -0.1) is 0 Å². The zero-order chi connectivity index (χ0) is 22.8. The van der Waals surface area contributed by atoms with Crippen LogP contribution in [-0.2, 0) is 17.9 Å². The third-order valence-electron chi connectivity index (χ3n) is 4.99. The standard InChI is InChI=1S/C24H31N5O3/c1-2-26-24(29-14-20-5-3-4-6-21(20)32-16-18-7-8-18)28-13-17-9-11-19(12-10-17)23(31)27-15-22(25)30/h3-6,9-12,18H,2,7-8,13-16H2,1H3,(H2,25,30)(H,27,31)(H2,26,28,29). The number of benzene rings is 2. The maximum absolute atomic E-state index is 12.0. The van der Waals surface area contributed by atoms with Crippen molar-refractivity contribution in [1.29, 1.82) is 0 Å². The minimum absolute atomic E-state index is 0.183. The van der Waals surface area contributed by atoms with Crippen LogP contribution in [0.4, 0.5) is 0 Å².